The average molecular weight is 271 g/mol. The maximum atomic E-state index is 12.1. The third-order valence-electron chi connectivity index (χ3n) is 3.81. The third kappa shape index (κ3) is 5.78. The third-order valence-corrected chi connectivity index (χ3v) is 3.81. The van der Waals surface area contributed by atoms with Crippen molar-refractivity contribution in [1.29, 1.82) is 0 Å². The van der Waals surface area contributed by atoms with Gasteiger partial charge in [0, 0.05) is 25.0 Å². The summed E-state index contributed by atoms with van der Waals surface area (Å²) in [5.74, 6) is 0.219. The van der Waals surface area contributed by atoms with Crippen LogP contribution in [0.15, 0.2) is 0 Å². The van der Waals surface area contributed by atoms with Gasteiger partial charge in [0.25, 0.3) is 0 Å². The number of hydrogen-bond donors (Lipinski definition) is 2. The van der Waals surface area contributed by atoms with E-state index in [4.69, 9.17) is 0 Å². The number of amides is 2. The number of carbonyl (C=O) groups excluding carboxylic acids is 1. The van der Waals surface area contributed by atoms with Gasteiger partial charge >= 0.3 is 6.03 Å². The van der Waals surface area contributed by atoms with Gasteiger partial charge < -0.3 is 20.2 Å². The Morgan fingerprint density at radius 2 is 2.16 bits per heavy atom. The molecule has 5 nitrogen and oxygen atoms in total. The largest absolute Gasteiger partial charge is 0.393 e. The van der Waals surface area contributed by atoms with Crippen molar-refractivity contribution in [3.63, 3.8) is 0 Å². The molecule has 0 aromatic rings. The molecule has 1 rings (SSSR count). The van der Waals surface area contributed by atoms with Gasteiger partial charge in [-0.15, -0.1) is 0 Å². The van der Waals surface area contributed by atoms with Crippen LogP contribution in [0.1, 0.15) is 33.1 Å². The van der Waals surface area contributed by atoms with Crippen molar-refractivity contribution < 1.29 is 9.90 Å². The first-order chi connectivity index (χ1) is 8.90. The van der Waals surface area contributed by atoms with E-state index >= 15 is 0 Å². The van der Waals surface area contributed by atoms with E-state index < -0.39 is 0 Å². The minimum absolute atomic E-state index is 0.0107. The molecular formula is C14H29N3O2. The van der Waals surface area contributed by atoms with Crippen LogP contribution in [0.25, 0.3) is 0 Å². The molecule has 1 saturated heterocycles. The van der Waals surface area contributed by atoms with Crippen LogP contribution in [0, 0.1) is 5.92 Å². The van der Waals surface area contributed by atoms with Crippen molar-refractivity contribution in [3.8, 4) is 0 Å². The second-order valence-electron chi connectivity index (χ2n) is 6.03. The van der Waals surface area contributed by atoms with Crippen molar-refractivity contribution in [1.82, 2.24) is 15.1 Å². The van der Waals surface area contributed by atoms with Crippen molar-refractivity contribution in [2.45, 2.75) is 45.3 Å². The first kappa shape index (κ1) is 16.2. The Morgan fingerprint density at radius 3 is 2.74 bits per heavy atom. The van der Waals surface area contributed by atoms with E-state index in [-0.39, 0.29) is 24.1 Å². The molecule has 0 aliphatic carbocycles. The Hall–Kier alpha value is -0.810. The summed E-state index contributed by atoms with van der Waals surface area (Å²) in [5, 5.41) is 12.7. The molecule has 19 heavy (non-hydrogen) atoms. The van der Waals surface area contributed by atoms with E-state index in [1.165, 1.54) is 0 Å². The summed E-state index contributed by atoms with van der Waals surface area (Å²) in [5.41, 5.74) is 0. The standard InChI is InChI=1S/C14H29N3O2/c1-11(7-9-16(3)4)15-14(19)17-8-5-6-13(10-17)12(2)18/h11-13,18H,5-10H2,1-4H3,(H,15,19). The molecule has 2 N–H and O–H groups in total. The molecule has 0 aromatic heterocycles. The van der Waals surface area contributed by atoms with E-state index in [0.717, 1.165) is 32.4 Å². The second-order valence-corrected chi connectivity index (χ2v) is 6.03. The number of hydrogen-bond acceptors (Lipinski definition) is 3. The Bertz CT molecular complexity index is 282. The summed E-state index contributed by atoms with van der Waals surface area (Å²) >= 11 is 0. The highest BCUT2D eigenvalue weighted by molar-refractivity contribution is 5.74. The number of nitrogens with zero attached hydrogens (tertiary/aromatic N) is 2. The fourth-order valence-electron chi connectivity index (χ4n) is 2.41. The molecule has 1 fully saturated rings. The van der Waals surface area contributed by atoms with Crippen LogP contribution in [0.5, 0.6) is 0 Å². The van der Waals surface area contributed by atoms with Crippen LogP contribution < -0.4 is 5.32 Å². The van der Waals surface area contributed by atoms with Crippen LogP contribution in [0.2, 0.25) is 0 Å². The molecule has 2 amide bonds. The zero-order chi connectivity index (χ0) is 14.4. The summed E-state index contributed by atoms with van der Waals surface area (Å²) in [7, 11) is 4.07. The molecule has 1 heterocycles. The van der Waals surface area contributed by atoms with Gasteiger partial charge in [0.15, 0.2) is 0 Å². The predicted octanol–water partition coefficient (Wildman–Crippen LogP) is 1.13. The minimum Gasteiger partial charge on any atom is -0.393 e. The zero-order valence-corrected chi connectivity index (χ0v) is 12.7. The van der Waals surface area contributed by atoms with E-state index in [1.807, 2.05) is 32.8 Å². The van der Waals surface area contributed by atoms with Gasteiger partial charge in [0.1, 0.15) is 0 Å². The summed E-state index contributed by atoms with van der Waals surface area (Å²) in [6, 6.07) is 0.193. The smallest absolute Gasteiger partial charge is 0.317 e. The first-order valence-electron chi connectivity index (χ1n) is 7.28. The number of rotatable bonds is 5. The Kier molecular flexibility index (Phi) is 6.58. The maximum absolute atomic E-state index is 12.1. The summed E-state index contributed by atoms with van der Waals surface area (Å²) in [4.78, 5) is 16.1. The number of likely N-dealkylation sites (tertiary alicyclic amines) is 1. The molecule has 5 heteroatoms. The number of urea groups is 1. The minimum atomic E-state index is -0.332. The second kappa shape index (κ2) is 7.70. The van der Waals surface area contributed by atoms with Gasteiger partial charge in [0.2, 0.25) is 0 Å². The van der Waals surface area contributed by atoms with Crippen molar-refractivity contribution in [2.24, 2.45) is 5.92 Å². The first-order valence-corrected chi connectivity index (χ1v) is 7.28. The summed E-state index contributed by atoms with van der Waals surface area (Å²) in [6.45, 7) is 6.29. The molecule has 0 radical (unpaired) electrons. The lowest BCUT2D eigenvalue weighted by Gasteiger charge is -2.34. The van der Waals surface area contributed by atoms with Crippen molar-refractivity contribution >= 4 is 6.03 Å². The van der Waals surface area contributed by atoms with Crippen LogP contribution in [-0.2, 0) is 0 Å². The van der Waals surface area contributed by atoms with E-state index in [0.29, 0.717) is 6.54 Å². The monoisotopic (exact) mass is 271 g/mol. The van der Waals surface area contributed by atoms with E-state index in [1.54, 1.807) is 0 Å². The fraction of sp³-hybridized carbons (Fsp3) is 0.929. The van der Waals surface area contributed by atoms with Crippen molar-refractivity contribution in [3.05, 3.63) is 0 Å². The number of aliphatic hydroxyl groups is 1. The number of nitrogens with one attached hydrogen (secondary N) is 1. The highest BCUT2D eigenvalue weighted by Crippen LogP contribution is 2.19. The normalized spacial score (nSPS) is 23.3. The number of aliphatic hydroxyl groups excluding tert-OH is 1. The quantitative estimate of drug-likeness (QED) is 0.788. The molecule has 1 aliphatic heterocycles. The van der Waals surface area contributed by atoms with Crippen LogP contribution in [-0.4, -0.2) is 66.8 Å². The van der Waals surface area contributed by atoms with Gasteiger partial charge in [-0.05, 0) is 53.8 Å². The van der Waals surface area contributed by atoms with Gasteiger partial charge in [-0.3, -0.25) is 0 Å². The topological polar surface area (TPSA) is 55.8 Å². The number of carbonyl (C=O) groups is 1. The highest BCUT2D eigenvalue weighted by atomic mass is 16.3. The molecule has 1 aliphatic rings. The van der Waals surface area contributed by atoms with E-state index in [2.05, 4.69) is 10.2 Å². The SMILES string of the molecule is CC(CCN(C)C)NC(=O)N1CCCC(C(C)O)C1. The van der Waals surface area contributed by atoms with Crippen molar-refractivity contribution in [2.75, 3.05) is 33.7 Å². The van der Waals surface area contributed by atoms with Gasteiger partial charge in [-0.25, -0.2) is 4.79 Å². The molecule has 3 atom stereocenters. The number of piperidine rings is 1. The highest BCUT2D eigenvalue weighted by Gasteiger charge is 2.26. The van der Waals surface area contributed by atoms with Crippen LogP contribution in [0.4, 0.5) is 4.79 Å². The Labute approximate surface area is 117 Å². The Morgan fingerprint density at radius 1 is 1.47 bits per heavy atom. The molecule has 0 aromatic carbocycles. The lowest BCUT2D eigenvalue weighted by molar-refractivity contribution is 0.0733. The molecular weight excluding hydrogens is 242 g/mol. The van der Waals surface area contributed by atoms with E-state index in [9.17, 15) is 9.90 Å². The Balaban J connectivity index is 2.36. The molecule has 0 spiro atoms. The average Bonchev–Trinajstić information content (AvgIpc) is 2.36. The molecule has 0 bridgehead atoms. The molecule has 3 unspecified atom stereocenters. The summed E-state index contributed by atoms with van der Waals surface area (Å²) in [6.07, 6.45) is 2.61. The summed E-state index contributed by atoms with van der Waals surface area (Å²) < 4.78 is 0. The van der Waals surface area contributed by atoms with Crippen LogP contribution >= 0.6 is 0 Å². The van der Waals surface area contributed by atoms with Gasteiger partial charge in [-0.1, -0.05) is 0 Å². The molecule has 0 saturated carbocycles. The van der Waals surface area contributed by atoms with Crippen LogP contribution in [0.3, 0.4) is 0 Å². The lowest BCUT2D eigenvalue weighted by Crippen LogP contribution is -2.49. The zero-order valence-electron chi connectivity index (χ0n) is 12.7. The maximum Gasteiger partial charge on any atom is 0.317 e. The lowest BCUT2D eigenvalue weighted by atomic mass is 9.94. The van der Waals surface area contributed by atoms with Gasteiger partial charge in [-0.2, -0.15) is 0 Å². The fourth-order valence-corrected chi connectivity index (χ4v) is 2.41. The predicted molar refractivity (Wildman–Crippen MR) is 77.1 cm³/mol. The molecule has 112 valence electrons. The van der Waals surface area contributed by atoms with Gasteiger partial charge in [0.05, 0.1) is 6.10 Å².